The van der Waals surface area contributed by atoms with Crippen LogP contribution in [0.3, 0.4) is 0 Å². The molecule has 24 heavy (non-hydrogen) atoms. The van der Waals surface area contributed by atoms with Crippen LogP contribution in [0.5, 0.6) is 0 Å². The molecule has 0 amide bonds. The van der Waals surface area contributed by atoms with Gasteiger partial charge in [-0.3, -0.25) is 14.9 Å². The van der Waals surface area contributed by atoms with Gasteiger partial charge < -0.3 is 4.74 Å². The molecule has 0 heterocycles. The first-order valence-corrected chi connectivity index (χ1v) is 7.36. The molecule has 0 bridgehead atoms. The zero-order valence-corrected chi connectivity index (χ0v) is 13.6. The van der Waals surface area contributed by atoms with Crippen molar-refractivity contribution in [3.63, 3.8) is 0 Å². The van der Waals surface area contributed by atoms with E-state index in [0.29, 0.717) is 5.56 Å². The molecule has 0 aliphatic heterocycles. The Morgan fingerprint density at radius 2 is 1.71 bits per heavy atom. The number of esters is 1. The van der Waals surface area contributed by atoms with E-state index in [1.165, 1.54) is 31.2 Å². The smallest absolute Gasteiger partial charge is 0.338 e. The number of rotatable bonds is 5. The van der Waals surface area contributed by atoms with Gasteiger partial charge in [0.1, 0.15) is 0 Å². The van der Waals surface area contributed by atoms with Crippen molar-refractivity contribution in [3.8, 4) is 0 Å². The first-order chi connectivity index (χ1) is 11.3. The van der Waals surface area contributed by atoms with Gasteiger partial charge in [-0.25, -0.2) is 4.79 Å². The Balaban J connectivity index is 2.12. The monoisotopic (exact) mass is 327 g/mol. The number of ether oxygens (including phenoxy) is 1. The predicted octanol–water partition coefficient (Wildman–Crippen LogP) is 3.64. The second kappa shape index (κ2) is 7.04. The van der Waals surface area contributed by atoms with Gasteiger partial charge in [-0.2, -0.15) is 0 Å². The number of non-ortho nitro benzene ring substituents is 1. The molecule has 0 N–H and O–H groups in total. The molecule has 0 aliphatic rings. The molecule has 0 radical (unpaired) electrons. The average molecular weight is 327 g/mol. The maximum Gasteiger partial charge on any atom is 0.338 e. The van der Waals surface area contributed by atoms with Crippen LogP contribution in [0.1, 0.15) is 38.8 Å². The van der Waals surface area contributed by atoms with Crippen LogP contribution >= 0.6 is 0 Å². The summed E-state index contributed by atoms with van der Waals surface area (Å²) in [6.07, 6.45) is -0.951. The lowest BCUT2D eigenvalue weighted by molar-refractivity contribution is -0.384. The minimum atomic E-state index is -0.951. The Morgan fingerprint density at radius 3 is 2.29 bits per heavy atom. The highest BCUT2D eigenvalue weighted by Gasteiger charge is 2.22. The molecule has 2 aromatic carbocycles. The summed E-state index contributed by atoms with van der Waals surface area (Å²) in [6, 6.07) is 10.5. The number of nitrogens with zero attached hydrogens (tertiary/aromatic N) is 1. The molecule has 0 unspecified atom stereocenters. The lowest BCUT2D eigenvalue weighted by atomic mass is 9.99. The van der Waals surface area contributed by atoms with Crippen LogP contribution in [-0.2, 0) is 4.74 Å². The van der Waals surface area contributed by atoms with Crippen molar-refractivity contribution in [1.82, 2.24) is 0 Å². The summed E-state index contributed by atoms with van der Waals surface area (Å²) in [5.41, 5.74) is 2.30. The molecule has 2 aromatic rings. The van der Waals surface area contributed by atoms with Gasteiger partial charge in [-0.15, -0.1) is 0 Å². The fourth-order valence-electron chi connectivity index (χ4n) is 2.22. The van der Waals surface area contributed by atoms with Crippen molar-refractivity contribution in [2.45, 2.75) is 26.9 Å². The Kier molecular flexibility index (Phi) is 5.08. The highest BCUT2D eigenvalue weighted by Crippen LogP contribution is 2.17. The number of benzene rings is 2. The molecule has 0 aliphatic carbocycles. The van der Waals surface area contributed by atoms with Crippen molar-refractivity contribution in [2.24, 2.45) is 0 Å². The van der Waals surface area contributed by atoms with Gasteiger partial charge in [0.05, 0.1) is 10.5 Å². The molecular formula is C18H17NO5. The number of aryl methyl sites for hydroxylation is 2. The zero-order valence-electron chi connectivity index (χ0n) is 13.6. The molecule has 124 valence electrons. The van der Waals surface area contributed by atoms with E-state index in [1.807, 2.05) is 26.0 Å². The van der Waals surface area contributed by atoms with Crippen molar-refractivity contribution in [3.05, 3.63) is 74.8 Å². The summed E-state index contributed by atoms with van der Waals surface area (Å²) < 4.78 is 5.19. The fourth-order valence-corrected chi connectivity index (χ4v) is 2.22. The van der Waals surface area contributed by atoms with Crippen LogP contribution in [0.15, 0.2) is 42.5 Å². The standard InChI is InChI=1S/C18H17NO5/c1-11-4-5-12(2)16(10-11)17(20)13(3)24-18(21)14-6-8-15(9-7-14)19(22)23/h4-10,13H,1-3H3/t13-/m1/s1. The van der Waals surface area contributed by atoms with E-state index < -0.39 is 17.0 Å². The Morgan fingerprint density at radius 1 is 1.08 bits per heavy atom. The Labute approximate surface area is 139 Å². The van der Waals surface area contributed by atoms with E-state index >= 15 is 0 Å². The maximum atomic E-state index is 12.5. The third kappa shape index (κ3) is 3.84. The normalized spacial score (nSPS) is 11.6. The predicted molar refractivity (Wildman–Crippen MR) is 88.2 cm³/mol. The number of carbonyl (C=O) groups is 2. The topological polar surface area (TPSA) is 86.5 Å². The van der Waals surface area contributed by atoms with Crippen LogP contribution in [0.25, 0.3) is 0 Å². The second-order valence-electron chi connectivity index (χ2n) is 5.53. The summed E-state index contributed by atoms with van der Waals surface area (Å²) in [5.74, 6) is -0.984. The van der Waals surface area contributed by atoms with E-state index in [2.05, 4.69) is 0 Å². The Hall–Kier alpha value is -3.02. The molecule has 0 fully saturated rings. The van der Waals surface area contributed by atoms with Gasteiger partial charge in [-0.05, 0) is 44.5 Å². The van der Waals surface area contributed by atoms with Crippen LogP contribution in [-0.4, -0.2) is 22.8 Å². The molecule has 1 atom stereocenters. The second-order valence-corrected chi connectivity index (χ2v) is 5.53. The number of hydrogen-bond acceptors (Lipinski definition) is 5. The summed E-state index contributed by atoms with van der Waals surface area (Å²) in [5, 5.41) is 10.6. The van der Waals surface area contributed by atoms with Crippen LogP contribution < -0.4 is 0 Å². The summed E-state index contributed by atoms with van der Waals surface area (Å²) >= 11 is 0. The van der Waals surface area contributed by atoms with Crippen molar-refractivity contribution >= 4 is 17.4 Å². The highest BCUT2D eigenvalue weighted by atomic mass is 16.6. The van der Waals surface area contributed by atoms with Crippen LogP contribution in [0, 0.1) is 24.0 Å². The molecule has 0 saturated carbocycles. The molecule has 6 heteroatoms. The lowest BCUT2D eigenvalue weighted by Crippen LogP contribution is -2.25. The number of nitro benzene ring substituents is 1. The van der Waals surface area contributed by atoms with Gasteiger partial charge in [0, 0.05) is 17.7 Å². The summed E-state index contributed by atoms with van der Waals surface area (Å²) in [7, 11) is 0. The number of ketones is 1. The largest absolute Gasteiger partial charge is 0.451 e. The van der Waals surface area contributed by atoms with E-state index in [-0.39, 0.29) is 17.0 Å². The molecule has 2 rings (SSSR count). The van der Waals surface area contributed by atoms with Gasteiger partial charge in [0.25, 0.3) is 5.69 Å². The van der Waals surface area contributed by atoms with E-state index in [9.17, 15) is 19.7 Å². The number of carbonyl (C=O) groups excluding carboxylic acids is 2. The molecule has 6 nitrogen and oxygen atoms in total. The van der Waals surface area contributed by atoms with Gasteiger partial charge >= 0.3 is 5.97 Å². The lowest BCUT2D eigenvalue weighted by Gasteiger charge is -2.14. The SMILES string of the molecule is Cc1ccc(C)c(C(=O)[C@@H](C)OC(=O)c2ccc([N+](=O)[O-])cc2)c1. The number of Topliss-reactive ketones (excluding diaryl/α,β-unsaturated/α-hetero) is 1. The average Bonchev–Trinajstić information content (AvgIpc) is 2.56. The van der Waals surface area contributed by atoms with Crippen molar-refractivity contribution < 1.29 is 19.2 Å². The first-order valence-electron chi connectivity index (χ1n) is 7.36. The zero-order chi connectivity index (χ0) is 17.9. The molecule has 0 spiro atoms. The first kappa shape index (κ1) is 17.3. The quantitative estimate of drug-likeness (QED) is 0.362. The minimum Gasteiger partial charge on any atom is -0.451 e. The van der Waals surface area contributed by atoms with Gasteiger partial charge in [-0.1, -0.05) is 17.7 Å². The fraction of sp³-hybridized carbons (Fsp3) is 0.222. The Bertz CT molecular complexity index is 796. The third-order valence-corrected chi connectivity index (χ3v) is 3.63. The van der Waals surface area contributed by atoms with Crippen LogP contribution in [0.4, 0.5) is 5.69 Å². The van der Waals surface area contributed by atoms with Gasteiger partial charge in [0.2, 0.25) is 5.78 Å². The minimum absolute atomic E-state index is 0.119. The summed E-state index contributed by atoms with van der Waals surface area (Å²) in [4.78, 5) is 34.6. The van der Waals surface area contributed by atoms with E-state index in [1.54, 1.807) is 6.07 Å². The van der Waals surface area contributed by atoms with E-state index in [0.717, 1.165) is 11.1 Å². The highest BCUT2D eigenvalue weighted by molar-refractivity contribution is 6.02. The molecule has 0 aromatic heterocycles. The van der Waals surface area contributed by atoms with E-state index in [4.69, 9.17) is 4.74 Å². The third-order valence-electron chi connectivity index (χ3n) is 3.63. The van der Waals surface area contributed by atoms with Crippen LogP contribution in [0.2, 0.25) is 0 Å². The number of nitro groups is 1. The van der Waals surface area contributed by atoms with Gasteiger partial charge in [0.15, 0.2) is 6.10 Å². The number of hydrogen-bond donors (Lipinski definition) is 0. The molecular weight excluding hydrogens is 310 g/mol. The van der Waals surface area contributed by atoms with Crippen molar-refractivity contribution in [2.75, 3.05) is 0 Å². The van der Waals surface area contributed by atoms with Crippen molar-refractivity contribution in [1.29, 1.82) is 0 Å². The molecule has 0 saturated heterocycles. The maximum absolute atomic E-state index is 12.5. The summed E-state index contributed by atoms with van der Waals surface area (Å²) in [6.45, 7) is 5.20.